The van der Waals surface area contributed by atoms with Crippen LogP contribution in [0.4, 0.5) is 0 Å². The molecule has 1 fully saturated rings. The largest absolute Gasteiger partial charge is 0.494 e. The average Bonchev–Trinajstić information content (AvgIpc) is 2.73. The first-order valence-electron chi connectivity index (χ1n) is 11.2. The highest BCUT2D eigenvalue weighted by Gasteiger charge is 2.34. The van der Waals surface area contributed by atoms with Crippen LogP contribution in [0.5, 0.6) is 11.5 Å². The quantitative estimate of drug-likeness (QED) is 0.475. The van der Waals surface area contributed by atoms with Gasteiger partial charge in [0.25, 0.3) is 0 Å². The monoisotopic (exact) mass is 418 g/mol. The lowest BCUT2D eigenvalue weighted by molar-refractivity contribution is -0.113. The second-order valence-corrected chi connectivity index (χ2v) is 9.14. The van der Waals surface area contributed by atoms with E-state index in [4.69, 9.17) is 9.47 Å². The van der Waals surface area contributed by atoms with Crippen molar-refractivity contribution < 1.29 is 14.3 Å². The Bertz CT molecular complexity index is 870. The number of hydrogen-bond donors (Lipinski definition) is 0. The van der Waals surface area contributed by atoms with Crippen LogP contribution in [0.3, 0.4) is 0 Å². The fourth-order valence-electron chi connectivity index (χ4n) is 3.91. The molecule has 0 atom stereocenters. The van der Waals surface area contributed by atoms with Crippen LogP contribution in [0, 0.1) is 11.3 Å². The van der Waals surface area contributed by atoms with Crippen LogP contribution in [-0.4, -0.2) is 19.0 Å². The second-order valence-electron chi connectivity index (χ2n) is 9.14. The van der Waals surface area contributed by atoms with Crippen molar-refractivity contribution in [3.63, 3.8) is 0 Å². The Kier molecular flexibility index (Phi) is 7.37. The zero-order valence-corrected chi connectivity index (χ0v) is 19.4. The summed E-state index contributed by atoms with van der Waals surface area (Å²) in [5, 5.41) is 0. The first-order valence-corrected chi connectivity index (χ1v) is 11.2. The van der Waals surface area contributed by atoms with E-state index < -0.39 is 0 Å². The van der Waals surface area contributed by atoms with E-state index in [9.17, 15) is 4.79 Å². The third-order valence-electron chi connectivity index (χ3n) is 5.80. The summed E-state index contributed by atoms with van der Waals surface area (Å²) in [6, 6.07) is 15.9. The van der Waals surface area contributed by atoms with E-state index in [0.29, 0.717) is 19.1 Å². The van der Waals surface area contributed by atoms with Gasteiger partial charge in [-0.25, -0.2) is 0 Å². The van der Waals surface area contributed by atoms with Crippen molar-refractivity contribution in [2.24, 2.45) is 11.3 Å². The molecule has 0 aromatic heterocycles. The van der Waals surface area contributed by atoms with Crippen LogP contribution >= 0.6 is 0 Å². The number of ether oxygens (including phenoxy) is 2. The minimum Gasteiger partial charge on any atom is -0.494 e. The predicted octanol–water partition coefficient (Wildman–Crippen LogP) is 6.98. The Morgan fingerprint density at radius 3 is 1.48 bits per heavy atom. The Balaban J connectivity index is 1.91. The number of carbonyl (C=O) groups is 1. The molecule has 0 N–H and O–H groups in total. The van der Waals surface area contributed by atoms with Gasteiger partial charge in [0.2, 0.25) is 0 Å². The summed E-state index contributed by atoms with van der Waals surface area (Å²) in [4.78, 5) is 13.4. The fraction of sp³-hybridized carbons (Fsp3) is 0.393. The van der Waals surface area contributed by atoms with Crippen molar-refractivity contribution in [2.45, 2.75) is 47.5 Å². The summed E-state index contributed by atoms with van der Waals surface area (Å²) in [7, 11) is 0. The Hall–Kier alpha value is -2.81. The number of carbonyl (C=O) groups excluding carboxylic acids is 1. The van der Waals surface area contributed by atoms with Gasteiger partial charge in [0.05, 0.1) is 13.2 Å². The number of Topliss-reactive ketones (excluding diaryl/α,β-unsaturated/α-hetero) is 1. The lowest BCUT2D eigenvalue weighted by atomic mass is 9.68. The number of ketones is 1. The van der Waals surface area contributed by atoms with Gasteiger partial charge in [-0.15, -0.1) is 0 Å². The molecule has 0 spiro atoms. The molecule has 2 aromatic rings. The van der Waals surface area contributed by atoms with Crippen LogP contribution in [0.15, 0.2) is 59.7 Å². The first-order chi connectivity index (χ1) is 14.8. The van der Waals surface area contributed by atoms with E-state index in [0.717, 1.165) is 46.6 Å². The Morgan fingerprint density at radius 2 is 1.16 bits per heavy atom. The van der Waals surface area contributed by atoms with Crippen molar-refractivity contribution in [1.82, 2.24) is 0 Å². The van der Waals surface area contributed by atoms with E-state index in [1.54, 1.807) is 0 Å². The Labute approximate surface area is 186 Å². The molecular formula is C28H34O3. The third kappa shape index (κ3) is 6.10. The third-order valence-corrected chi connectivity index (χ3v) is 5.80. The second kappa shape index (κ2) is 10.00. The van der Waals surface area contributed by atoms with Crippen molar-refractivity contribution in [3.8, 4) is 11.5 Å². The van der Waals surface area contributed by atoms with Gasteiger partial charge in [-0.05, 0) is 85.6 Å². The van der Waals surface area contributed by atoms with Crippen LogP contribution < -0.4 is 9.47 Å². The SMILES string of the molecule is CCOc1ccc(/C=C2\CC(C(C)(C)C)C/C(=C\c3ccc(OCC)cc3)C2=O)cc1. The van der Waals surface area contributed by atoms with Gasteiger partial charge in [0.15, 0.2) is 5.78 Å². The smallest absolute Gasteiger partial charge is 0.185 e. The van der Waals surface area contributed by atoms with E-state index in [1.165, 1.54) is 0 Å². The van der Waals surface area contributed by atoms with Crippen molar-refractivity contribution in [2.75, 3.05) is 13.2 Å². The molecule has 0 aliphatic heterocycles. The van der Waals surface area contributed by atoms with E-state index >= 15 is 0 Å². The zero-order valence-electron chi connectivity index (χ0n) is 19.4. The lowest BCUT2D eigenvalue weighted by Crippen LogP contribution is -2.29. The lowest BCUT2D eigenvalue weighted by Gasteiger charge is -2.35. The van der Waals surface area contributed by atoms with Gasteiger partial charge < -0.3 is 9.47 Å². The van der Waals surface area contributed by atoms with Crippen LogP contribution in [0.1, 0.15) is 58.6 Å². The topological polar surface area (TPSA) is 35.5 Å². The Morgan fingerprint density at radius 1 is 0.774 bits per heavy atom. The van der Waals surface area contributed by atoms with E-state index in [2.05, 4.69) is 20.8 Å². The number of rotatable bonds is 6. The predicted molar refractivity (Wildman–Crippen MR) is 128 cm³/mol. The number of allylic oxidation sites excluding steroid dienone is 2. The molecule has 2 aromatic carbocycles. The molecule has 0 radical (unpaired) electrons. The van der Waals surface area contributed by atoms with E-state index in [1.807, 2.05) is 74.5 Å². The molecule has 1 saturated carbocycles. The molecule has 0 saturated heterocycles. The van der Waals surface area contributed by atoms with E-state index in [-0.39, 0.29) is 11.2 Å². The maximum atomic E-state index is 13.4. The van der Waals surface area contributed by atoms with Gasteiger partial charge in [0, 0.05) is 11.1 Å². The molecule has 31 heavy (non-hydrogen) atoms. The summed E-state index contributed by atoms with van der Waals surface area (Å²) in [6.07, 6.45) is 5.69. The van der Waals surface area contributed by atoms with Crippen molar-refractivity contribution >= 4 is 17.9 Å². The highest BCUT2D eigenvalue weighted by atomic mass is 16.5. The highest BCUT2D eigenvalue weighted by molar-refractivity contribution is 6.14. The van der Waals surface area contributed by atoms with Crippen molar-refractivity contribution in [1.29, 1.82) is 0 Å². The molecule has 3 heteroatoms. The van der Waals surface area contributed by atoms with Crippen LogP contribution in [-0.2, 0) is 4.79 Å². The average molecular weight is 419 g/mol. The minimum atomic E-state index is 0.122. The zero-order chi connectivity index (χ0) is 22.4. The maximum absolute atomic E-state index is 13.4. The summed E-state index contributed by atoms with van der Waals surface area (Å²) >= 11 is 0. The molecule has 1 aliphatic rings. The number of benzene rings is 2. The summed E-state index contributed by atoms with van der Waals surface area (Å²) < 4.78 is 11.1. The normalized spacial score (nSPS) is 19.6. The fourth-order valence-corrected chi connectivity index (χ4v) is 3.91. The molecule has 0 bridgehead atoms. The molecule has 164 valence electrons. The molecule has 3 nitrogen and oxygen atoms in total. The van der Waals surface area contributed by atoms with Crippen molar-refractivity contribution in [3.05, 3.63) is 70.8 Å². The molecule has 1 aliphatic carbocycles. The van der Waals surface area contributed by atoms with Crippen LogP contribution in [0.2, 0.25) is 0 Å². The van der Waals surface area contributed by atoms with Gasteiger partial charge >= 0.3 is 0 Å². The molecule has 0 unspecified atom stereocenters. The maximum Gasteiger partial charge on any atom is 0.185 e. The summed E-state index contributed by atoms with van der Waals surface area (Å²) in [5.74, 6) is 2.27. The first kappa shape index (κ1) is 22.9. The minimum absolute atomic E-state index is 0.122. The van der Waals surface area contributed by atoms with Gasteiger partial charge in [-0.2, -0.15) is 0 Å². The van der Waals surface area contributed by atoms with Crippen LogP contribution in [0.25, 0.3) is 12.2 Å². The van der Waals surface area contributed by atoms with Gasteiger partial charge in [0.1, 0.15) is 11.5 Å². The molecule has 0 heterocycles. The van der Waals surface area contributed by atoms with Gasteiger partial charge in [-0.3, -0.25) is 4.79 Å². The molecular weight excluding hydrogens is 384 g/mol. The number of hydrogen-bond acceptors (Lipinski definition) is 3. The standard InChI is InChI=1S/C28H34O3/c1-6-30-25-12-8-20(9-13-25)16-22-18-24(28(3,4)5)19-23(27(22)29)17-21-10-14-26(15-11-21)31-7-2/h8-17,24H,6-7,18-19H2,1-5H3/b22-16+,23-17+. The molecule has 3 rings (SSSR count). The highest BCUT2D eigenvalue weighted by Crippen LogP contribution is 2.42. The summed E-state index contributed by atoms with van der Waals surface area (Å²) in [5.41, 5.74) is 3.94. The van der Waals surface area contributed by atoms with Gasteiger partial charge in [-0.1, -0.05) is 45.0 Å². The summed E-state index contributed by atoms with van der Waals surface area (Å²) in [6.45, 7) is 12.0. The molecule has 0 amide bonds.